The van der Waals surface area contributed by atoms with E-state index in [4.69, 9.17) is 0 Å². The molecule has 106 valence electrons. The van der Waals surface area contributed by atoms with Crippen LogP contribution in [0.4, 0.5) is 0 Å². The van der Waals surface area contributed by atoms with Crippen molar-refractivity contribution in [1.82, 2.24) is 10.2 Å². The van der Waals surface area contributed by atoms with Crippen molar-refractivity contribution < 1.29 is 5.11 Å². The maximum atomic E-state index is 10.2. The van der Waals surface area contributed by atoms with Crippen LogP contribution >= 0.6 is 0 Å². The van der Waals surface area contributed by atoms with Crippen molar-refractivity contribution in [3.8, 4) is 0 Å². The van der Waals surface area contributed by atoms with Gasteiger partial charge in [-0.2, -0.15) is 0 Å². The lowest BCUT2D eigenvalue weighted by Crippen LogP contribution is -2.50. The molecule has 1 aliphatic carbocycles. The Morgan fingerprint density at radius 3 is 2.78 bits per heavy atom. The maximum Gasteiger partial charge on any atom is 0.0695 e. The molecule has 0 radical (unpaired) electrons. The number of aliphatic hydroxyl groups is 1. The monoisotopic (exact) mass is 254 g/mol. The van der Waals surface area contributed by atoms with Crippen molar-refractivity contribution in [1.29, 1.82) is 0 Å². The highest BCUT2D eigenvalue weighted by Crippen LogP contribution is 2.27. The molecular weight excluding hydrogens is 224 g/mol. The Hall–Kier alpha value is -0.120. The van der Waals surface area contributed by atoms with Gasteiger partial charge in [0, 0.05) is 12.6 Å². The van der Waals surface area contributed by atoms with Gasteiger partial charge in [0.25, 0.3) is 0 Å². The molecule has 3 heteroatoms. The van der Waals surface area contributed by atoms with Crippen molar-refractivity contribution >= 4 is 0 Å². The largest absolute Gasteiger partial charge is 0.391 e. The van der Waals surface area contributed by atoms with Crippen LogP contribution in [0, 0.1) is 5.92 Å². The van der Waals surface area contributed by atoms with Gasteiger partial charge in [0.05, 0.1) is 6.10 Å². The number of likely N-dealkylation sites (tertiary alicyclic amines) is 1. The van der Waals surface area contributed by atoms with Crippen molar-refractivity contribution in [2.24, 2.45) is 5.92 Å². The van der Waals surface area contributed by atoms with E-state index in [1.165, 1.54) is 51.6 Å². The van der Waals surface area contributed by atoms with Crippen molar-refractivity contribution in [3.05, 3.63) is 0 Å². The minimum Gasteiger partial charge on any atom is -0.391 e. The summed E-state index contributed by atoms with van der Waals surface area (Å²) in [5, 5.41) is 13.7. The van der Waals surface area contributed by atoms with Crippen LogP contribution in [-0.4, -0.2) is 48.3 Å². The Kier molecular flexibility index (Phi) is 5.93. The van der Waals surface area contributed by atoms with Gasteiger partial charge < -0.3 is 10.4 Å². The number of rotatable bonds is 5. The van der Waals surface area contributed by atoms with E-state index in [9.17, 15) is 5.11 Å². The fourth-order valence-corrected chi connectivity index (χ4v) is 3.57. The van der Waals surface area contributed by atoms with E-state index >= 15 is 0 Å². The van der Waals surface area contributed by atoms with E-state index in [-0.39, 0.29) is 6.10 Å². The Balaban J connectivity index is 1.78. The molecule has 1 saturated heterocycles. The minimum absolute atomic E-state index is 0.0684. The summed E-state index contributed by atoms with van der Waals surface area (Å²) in [7, 11) is 0. The summed E-state index contributed by atoms with van der Waals surface area (Å²) < 4.78 is 0. The molecule has 0 aromatic carbocycles. The van der Waals surface area contributed by atoms with Gasteiger partial charge >= 0.3 is 0 Å². The predicted octanol–water partition coefficient (Wildman–Crippen LogP) is 2.00. The van der Waals surface area contributed by atoms with Gasteiger partial charge in [0.15, 0.2) is 0 Å². The van der Waals surface area contributed by atoms with Crippen LogP contribution in [0.2, 0.25) is 0 Å². The predicted molar refractivity (Wildman–Crippen MR) is 75.7 cm³/mol. The van der Waals surface area contributed by atoms with E-state index in [2.05, 4.69) is 17.1 Å². The maximum absolute atomic E-state index is 10.2. The van der Waals surface area contributed by atoms with Crippen LogP contribution in [0.3, 0.4) is 0 Å². The van der Waals surface area contributed by atoms with Gasteiger partial charge in [-0.1, -0.05) is 19.8 Å². The molecule has 3 nitrogen and oxygen atoms in total. The number of hydrogen-bond donors (Lipinski definition) is 2. The lowest BCUT2D eigenvalue weighted by atomic mass is 9.88. The Bertz CT molecular complexity index is 235. The third kappa shape index (κ3) is 3.94. The van der Waals surface area contributed by atoms with Crippen molar-refractivity contribution in [2.75, 3.05) is 26.2 Å². The van der Waals surface area contributed by atoms with Crippen LogP contribution in [0.15, 0.2) is 0 Å². The molecule has 1 aliphatic heterocycles. The van der Waals surface area contributed by atoms with Crippen LogP contribution in [0.25, 0.3) is 0 Å². The molecule has 0 bridgehead atoms. The number of piperidine rings is 1. The molecule has 1 heterocycles. The zero-order chi connectivity index (χ0) is 12.8. The standard InChI is InChI=1S/C15H30N2O/c1-2-9-16-11-13-6-5-10-17(12-13)14-7-3-4-8-15(14)18/h13-16,18H,2-12H2,1H3. The number of nitrogens with zero attached hydrogens (tertiary/aromatic N) is 1. The first-order valence-corrected chi connectivity index (χ1v) is 7.94. The molecular formula is C15H30N2O. The second-order valence-corrected chi connectivity index (χ2v) is 6.13. The summed E-state index contributed by atoms with van der Waals surface area (Å²) in [6.45, 7) is 6.92. The molecule has 2 rings (SSSR count). The van der Waals surface area contributed by atoms with Gasteiger partial charge in [0.1, 0.15) is 0 Å². The molecule has 3 atom stereocenters. The highest BCUT2D eigenvalue weighted by atomic mass is 16.3. The molecule has 0 aromatic rings. The third-order valence-corrected chi connectivity index (χ3v) is 4.57. The van der Waals surface area contributed by atoms with Gasteiger partial charge in [0.2, 0.25) is 0 Å². The van der Waals surface area contributed by atoms with Gasteiger partial charge in [-0.25, -0.2) is 0 Å². The fraction of sp³-hybridized carbons (Fsp3) is 1.00. The fourth-order valence-electron chi connectivity index (χ4n) is 3.57. The average molecular weight is 254 g/mol. The van der Waals surface area contributed by atoms with E-state index in [0.717, 1.165) is 25.4 Å². The summed E-state index contributed by atoms with van der Waals surface area (Å²) in [4.78, 5) is 2.58. The zero-order valence-electron chi connectivity index (χ0n) is 11.9. The number of hydrogen-bond acceptors (Lipinski definition) is 3. The number of aliphatic hydroxyl groups excluding tert-OH is 1. The normalized spacial score (nSPS) is 34.7. The number of nitrogens with one attached hydrogen (secondary N) is 1. The average Bonchev–Trinajstić information content (AvgIpc) is 2.40. The summed E-state index contributed by atoms with van der Waals surface area (Å²) in [6, 6.07) is 0.452. The van der Waals surface area contributed by atoms with E-state index in [1.54, 1.807) is 0 Å². The smallest absolute Gasteiger partial charge is 0.0695 e. The molecule has 2 aliphatic rings. The first kappa shape index (κ1) is 14.3. The van der Waals surface area contributed by atoms with Crippen LogP contribution in [0.1, 0.15) is 51.9 Å². The van der Waals surface area contributed by atoms with Crippen LogP contribution in [0.5, 0.6) is 0 Å². The summed E-state index contributed by atoms with van der Waals surface area (Å²) in [6.07, 6.45) is 8.55. The molecule has 0 aromatic heterocycles. The quantitative estimate of drug-likeness (QED) is 0.737. The molecule has 2 N–H and O–H groups in total. The lowest BCUT2D eigenvalue weighted by Gasteiger charge is -2.42. The molecule has 1 saturated carbocycles. The SMILES string of the molecule is CCCNCC1CCCN(C2CCCCC2O)C1. The minimum atomic E-state index is -0.0684. The van der Waals surface area contributed by atoms with Gasteiger partial charge in [-0.15, -0.1) is 0 Å². The van der Waals surface area contributed by atoms with Gasteiger partial charge in [-0.05, 0) is 57.7 Å². The molecule has 0 amide bonds. The first-order valence-electron chi connectivity index (χ1n) is 7.94. The van der Waals surface area contributed by atoms with E-state index in [1.807, 2.05) is 0 Å². The molecule has 3 unspecified atom stereocenters. The Morgan fingerprint density at radius 1 is 1.17 bits per heavy atom. The summed E-state index contributed by atoms with van der Waals surface area (Å²) >= 11 is 0. The van der Waals surface area contributed by atoms with Gasteiger partial charge in [-0.3, -0.25) is 4.90 Å². The topological polar surface area (TPSA) is 35.5 Å². The molecule has 2 fully saturated rings. The second kappa shape index (κ2) is 7.46. The van der Waals surface area contributed by atoms with Crippen LogP contribution in [-0.2, 0) is 0 Å². The van der Waals surface area contributed by atoms with E-state index in [0.29, 0.717) is 6.04 Å². The molecule has 0 spiro atoms. The highest BCUT2D eigenvalue weighted by molar-refractivity contribution is 4.86. The van der Waals surface area contributed by atoms with Crippen LogP contribution < -0.4 is 5.32 Å². The van der Waals surface area contributed by atoms with Crippen molar-refractivity contribution in [2.45, 2.75) is 64.0 Å². The van der Waals surface area contributed by atoms with E-state index < -0.39 is 0 Å². The van der Waals surface area contributed by atoms with Crippen molar-refractivity contribution in [3.63, 3.8) is 0 Å². The Labute approximate surface area is 112 Å². The lowest BCUT2D eigenvalue weighted by molar-refractivity contribution is 0.000357. The zero-order valence-corrected chi connectivity index (χ0v) is 11.9. The summed E-state index contributed by atoms with van der Waals surface area (Å²) in [5.41, 5.74) is 0. The second-order valence-electron chi connectivity index (χ2n) is 6.13. The summed E-state index contributed by atoms with van der Waals surface area (Å²) in [5.74, 6) is 0.791. The highest BCUT2D eigenvalue weighted by Gasteiger charge is 2.31. The first-order chi connectivity index (χ1) is 8.81. The molecule has 18 heavy (non-hydrogen) atoms. The third-order valence-electron chi connectivity index (χ3n) is 4.57. The Morgan fingerprint density at radius 2 is 2.00 bits per heavy atom.